The average Bonchev–Trinajstić information content (AvgIpc) is 3.69. The van der Waals surface area contributed by atoms with E-state index in [-0.39, 0.29) is 58.9 Å². The molecule has 16 heteroatoms. The second-order valence-electron chi connectivity index (χ2n) is 21.3. The van der Waals surface area contributed by atoms with Gasteiger partial charge in [0.25, 0.3) is 0 Å². The summed E-state index contributed by atoms with van der Waals surface area (Å²) in [6.07, 6.45) is 5.49. The van der Waals surface area contributed by atoms with Crippen molar-refractivity contribution in [3.8, 4) is 23.7 Å². The Kier molecular flexibility index (Phi) is 13.2. The lowest BCUT2D eigenvalue weighted by atomic mass is 9.72. The van der Waals surface area contributed by atoms with E-state index < -0.39 is 17.7 Å². The number of nitrogens with one attached hydrogen (secondary N) is 1. The minimum Gasteiger partial charge on any atom is -0.444 e. The molecule has 10 rings (SSSR count). The summed E-state index contributed by atoms with van der Waals surface area (Å²) < 4.78 is 11.7. The van der Waals surface area contributed by atoms with Crippen molar-refractivity contribution in [3.63, 3.8) is 0 Å². The van der Waals surface area contributed by atoms with Crippen molar-refractivity contribution in [3.05, 3.63) is 68.5 Å². The molecule has 4 aromatic rings. The predicted molar refractivity (Wildman–Crippen MR) is 261 cm³/mol. The van der Waals surface area contributed by atoms with Crippen LogP contribution in [0, 0.1) is 34.5 Å². The van der Waals surface area contributed by atoms with Crippen LogP contribution in [0.15, 0.2) is 46.0 Å². The molecule has 6 heterocycles. The smallest absolute Gasteiger partial charge is 0.410 e. The molecule has 2 aromatic carbocycles. The lowest BCUT2D eigenvalue weighted by molar-refractivity contribution is -0.133. The fraction of sp³-hybridized carbons (Fsp3) is 0.566. The van der Waals surface area contributed by atoms with E-state index in [0.29, 0.717) is 54.2 Å². The van der Waals surface area contributed by atoms with Gasteiger partial charge in [0.05, 0.1) is 71.2 Å². The summed E-state index contributed by atoms with van der Waals surface area (Å²) in [7, 11) is 3.43. The second-order valence-corrected chi connectivity index (χ2v) is 21.3. The Morgan fingerprint density at radius 1 is 0.667 bits per heavy atom. The molecule has 2 saturated carbocycles. The zero-order valence-corrected chi connectivity index (χ0v) is 40.7. The first-order valence-electron chi connectivity index (χ1n) is 24.5. The van der Waals surface area contributed by atoms with Crippen LogP contribution in [0.4, 0.5) is 4.79 Å². The first-order valence-corrected chi connectivity index (χ1v) is 24.5. The van der Waals surface area contributed by atoms with Crippen LogP contribution in [-0.4, -0.2) is 133 Å². The molecule has 4 saturated heterocycles. The van der Waals surface area contributed by atoms with Gasteiger partial charge in [-0.3, -0.25) is 47.2 Å². The zero-order valence-electron chi connectivity index (χ0n) is 40.7. The van der Waals surface area contributed by atoms with Gasteiger partial charge in [-0.1, -0.05) is 35.8 Å². The molecule has 2 aromatic heterocycles. The summed E-state index contributed by atoms with van der Waals surface area (Å²) in [5.74, 6) is 12.6. The summed E-state index contributed by atoms with van der Waals surface area (Å²) >= 11 is 0. The molecule has 4 aliphatic heterocycles. The zero-order chi connectivity index (χ0) is 48.8. The quantitative estimate of drug-likeness (QED) is 0.231. The Hall–Kier alpha value is -6.07. The number of hydrogen-bond acceptors (Lipinski definition) is 11. The first-order chi connectivity index (χ1) is 32.9. The summed E-state index contributed by atoms with van der Waals surface area (Å²) in [4.78, 5) is 93.3. The topological polar surface area (TPSA) is 170 Å². The fourth-order valence-electron chi connectivity index (χ4n) is 11.2. The van der Waals surface area contributed by atoms with Crippen LogP contribution < -0.4 is 16.7 Å². The van der Waals surface area contributed by atoms with Gasteiger partial charge in [0.15, 0.2) is 11.6 Å². The minimum atomic E-state index is -0.606. The lowest BCUT2D eigenvalue weighted by Gasteiger charge is -2.53. The maximum atomic E-state index is 13.1. The van der Waals surface area contributed by atoms with Gasteiger partial charge in [0, 0.05) is 58.5 Å². The number of para-hydroxylation sites is 2. The number of nitrogens with zero attached hydrogens (tertiary/aromatic N) is 7. The number of ketones is 4. The van der Waals surface area contributed by atoms with E-state index in [4.69, 9.17) is 4.74 Å². The highest BCUT2D eigenvalue weighted by atomic mass is 16.6. The highest BCUT2D eigenvalue weighted by molar-refractivity contribution is 6.04. The van der Waals surface area contributed by atoms with Crippen LogP contribution in [0.25, 0.3) is 22.1 Å². The molecule has 1 N–H and O–H groups in total. The number of aromatic nitrogens is 4. The molecule has 2 atom stereocenters. The number of imidazole rings is 2. The molecular weight excluding hydrogens is 877 g/mol. The molecular formula is C53H64N8O8. The van der Waals surface area contributed by atoms with Crippen LogP contribution in [0.1, 0.15) is 108 Å². The van der Waals surface area contributed by atoms with Crippen molar-refractivity contribution >= 4 is 51.3 Å². The largest absolute Gasteiger partial charge is 0.444 e. The maximum Gasteiger partial charge on any atom is 0.410 e. The van der Waals surface area contributed by atoms with Crippen molar-refractivity contribution in [1.29, 1.82) is 0 Å². The highest BCUT2D eigenvalue weighted by Crippen LogP contribution is 2.41. The van der Waals surface area contributed by atoms with Gasteiger partial charge in [0.1, 0.15) is 17.2 Å². The molecule has 1 amide bonds. The van der Waals surface area contributed by atoms with E-state index in [1.165, 1.54) is 12.8 Å². The van der Waals surface area contributed by atoms with E-state index in [1.54, 1.807) is 37.3 Å². The van der Waals surface area contributed by atoms with Gasteiger partial charge < -0.3 is 15.0 Å². The van der Waals surface area contributed by atoms with E-state index in [1.807, 2.05) is 57.2 Å². The standard InChI is InChI=1S/C29H36N4O5.C24H28N4O3/c1-28(2,3)38-27(37)32-18-29(19-32)12-15-31(16-13-29)14-6-8-20-7-5-9-23-25(20)30(4)26(36)33(23)22-11-10-21(34)17-24(22)35;1-26-22-17(5-3-11-27-12-9-24(10-13-27)15-25-16-24)4-2-6-20(22)28(23(26)31)19-8-7-18(29)14-21(19)30/h5,7,9,22H,10-19H2,1-4H3;2,4,6,19,25H,7-16H2,1H3. The SMILES string of the molecule is Cn1c(=O)n(C2CCC(=O)CC2=O)c2cccc(C#CCN3CCC4(CC3)CN(C(=O)OC(C)(C)C)C4)c21.Cn1c(=O)n(C2CCC(=O)CC2=O)c2cccc(C#CCN3CCC4(CC3)CNC4)c21. The van der Waals surface area contributed by atoms with E-state index in [0.717, 1.165) is 88.4 Å². The molecule has 16 nitrogen and oxygen atoms in total. The molecule has 364 valence electrons. The Labute approximate surface area is 402 Å². The third-order valence-electron chi connectivity index (χ3n) is 15.3. The Bertz CT molecular complexity index is 2970. The fourth-order valence-corrected chi connectivity index (χ4v) is 11.2. The number of rotatable bonds is 4. The van der Waals surface area contributed by atoms with Gasteiger partial charge in [-0.2, -0.15) is 0 Å². The summed E-state index contributed by atoms with van der Waals surface area (Å²) in [5, 5.41) is 3.39. The second kappa shape index (κ2) is 19.0. The molecule has 0 bridgehead atoms. The molecule has 69 heavy (non-hydrogen) atoms. The number of Topliss-reactive ketones (excluding diaryl/α,β-unsaturated/α-hetero) is 4. The number of fused-ring (bicyclic) bond motifs is 2. The normalized spacial score (nSPS) is 22.6. The first kappa shape index (κ1) is 48.0. The molecule has 6 fully saturated rings. The average molecular weight is 941 g/mol. The van der Waals surface area contributed by atoms with Crippen LogP contribution in [0.2, 0.25) is 0 Å². The van der Waals surface area contributed by atoms with E-state index >= 15 is 0 Å². The van der Waals surface area contributed by atoms with E-state index in [9.17, 15) is 33.6 Å². The van der Waals surface area contributed by atoms with Gasteiger partial charge >= 0.3 is 17.5 Å². The summed E-state index contributed by atoms with van der Waals surface area (Å²) in [6.45, 7) is 14.8. The molecule has 2 spiro atoms. The monoisotopic (exact) mass is 940 g/mol. The number of benzene rings is 2. The number of hydrogen-bond donors (Lipinski definition) is 1. The molecule has 2 aliphatic carbocycles. The number of likely N-dealkylation sites (tertiary alicyclic amines) is 3. The number of amides is 1. The number of carbonyl (C=O) groups excluding carboxylic acids is 5. The van der Waals surface area contributed by atoms with Gasteiger partial charge in [-0.25, -0.2) is 14.4 Å². The summed E-state index contributed by atoms with van der Waals surface area (Å²) in [5.41, 5.74) is 4.15. The lowest BCUT2D eigenvalue weighted by Crippen LogP contribution is -2.62. The Morgan fingerprint density at radius 2 is 1.10 bits per heavy atom. The third-order valence-corrected chi connectivity index (χ3v) is 15.3. The van der Waals surface area contributed by atoms with Gasteiger partial charge in [0.2, 0.25) is 0 Å². The maximum absolute atomic E-state index is 13.1. The van der Waals surface area contributed by atoms with Crippen LogP contribution >= 0.6 is 0 Å². The van der Waals surface area contributed by atoms with Gasteiger partial charge in [-0.15, -0.1) is 0 Å². The molecule has 0 radical (unpaired) electrons. The number of carbonyl (C=O) groups is 5. The van der Waals surface area contributed by atoms with Crippen molar-refractivity contribution in [1.82, 2.24) is 38.3 Å². The number of aryl methyl sites for hydroxylation is 2. The number of ether oxygens (including phenoxy) is 1. The molecule has 2 unspecified atom stereocenters. The van der Waals surface area contributed by atoms with Gasteiger partial charge in [-0.05, 0) is 115 Å². The summed E-state index contributed by atoms with van der Waals surface area (Å²) in [6, 6.07) is 10.1. The van der Waals surface area contributed by atoms with E-state index in [2.05, 4.69) is 38.8 Å². The Balaban J connectivity index is 0.000000175. The van der Waals surface area contributed by atoms with Crippen molar-refractivity contribution in [2.24, 2.45) is 24.9 Å². The van der Waals surface area contributed by atoms with Crippen molar-refractivity contribution in [2.75, 3.05) is 65.4 Å². The van der Waals surface area contributed by atoms with Crippen LogP contribution in [0.5, 0.6) is 0 Å². The molecule has 6 aliphatic rings. The van der Waals surface area contributed by atoms with Crippen LogP contribution in [0.3, 0.4) is 0 Å². The third kappa shape index (κ3) is 9.76. The highest BCUT2D eigenvalue weighted by Gasteiger charge is 2.48. The number of piperidine rings is 2. The predicted octanol–water partition coefficient (Wildman–Crippen LogP) is 4.13. The minimum absolute atomic E-state index is 0.0432. The van der Waals surface area contributed by atoms with Crippen molar-refractivity contribution in [2.45, 2.75) is 103 Å². The van der Waals surface area contributed by atoms with Crippen molar-refractivity contribution < 1.29 is 28.7 Å². The Morgan fingerprint density at radius 3 is 1.49 bits per heavy atom. The van der Waals surface area contributed by atoms with Crippen LogP contribution in [-0.2, 0) is 38.0 Å².